The number of carbonyl (C=O) groups excluding carboxylic acids is 3. The molecule has 2 fully saturated rings. The van der Waals surface area contributed by atoms with Crippen molar-refractivity contribution in [3.05, 3.63) is 18.3 Å². The van der Waals surface area contributed by atoms with Gasteiger partial charge in [0.2, 0.25) is 5.91 Å². The highest BCUT2D eigenvalue weighted by Crippen LogP contribution is 2.19. The van der Waals surface area contributed by atoms with Gasteiger partial charge in [0.05, 0.1) is 11.9 Å². The fraction of sp³-hybridized carbons (Fsp3) is 0.529. The van der Waals surface area contributed by atoms with Gasteiger partial charge in [0.15, 0.2) is 0 Å². The number of carbonyl (C=O) groups is 3. The molecule has 0 spiro atoms. The molecular formula is C17H24N6O3. The molecule has 26 heavy (non-hydrogen) atoms. The summed E-state index contributed by atoms with van der Waals surface area (Å²) in [5.41, 5.74) is 0.0982. The Balaban J connectivity index is 1.44. The standard InChI is InChI=1S/C17H24N6O3/c1-17(15(25)21-16(26)22-17)6-2-3-14(24)20-13-5-4-12(11-19-13)23-9-7-18-8-10-23/h4-5,11,18H,2-3,6-10H2,1H3,(H,19,20,24)(H2,21,22,25,26). The Kier molecular flexibility index (Phi) is 5.36. The van der Waals surface area contributed by atoms with Crippen molar-refractivity contribution in [2.45, 2.75) is 31.7 Å². The number of nitrogens with zero attached hydrogens (tertiary/aromatic N) is 2. The van der Waals surface area contributed by atoms with Crippen LogP contribution in [0.15, 0.2) is 18.3 Å². The van der Waals surface area contributed by atoms with Crippen LogP contribution in [0.4, 0.5) is 16.3 Å². The van der Waals surface area contributed by atoms with Crippen LogP contribution in [-0.2, 0) is 9.59 Å². The molecule has 9 nitrogen and oxygen atoms in total. The van der Waals surface area contributed by atoms with E-state index in [-0.39, 0.29) is 18.2 Å². The Hall–Kier alpha value is -2.68. The molecule has 1 aromatic rings. The zero-order chi connectivity index (χ0) is 18.6. The predicted molar refractivity (Wildman–Crippen MR) is 96.9 cm³/mol. The second-order valence-electron chi connectivity index (χ2n) is 6.78. The molecule has 4 amide bonds. The summed E-state index contributed by atoms with van der Waals surface area (Å²) < 4.78 is 0. The highest BCUT2D eigenvalue weighted by Gasteiger charge is 2.41. The molecule has 0 bridgehead atoms. The SMILES string of the molecule is CC1(CCCC(=O)Nc2ccc(N3CCNCC3)cn2)NC(=O)NC1=O. The molecule has 1 unspecified atom stereocenters. The third kappa shape index (κ3) is 4.29. The lowest BCUT2D eigenvalue weighted by molar-refractivity contribution is -0.124. The van der Waals surface area contributed by atoms with Crippen molar-refractivity contribution >= 4 is 29.4 Å². The third-order valence-electron chi connectivity index (χ3n) is 4.70. The molecule has 0 radical (unpaired) electrons. The van der Waals surface area contributed by atoms with Gasteiger partial charge in [-0.25, -0.2) is 9.78 Å². The number of rotatable bonds is 6. The first-order valence-corrected chi connectivity index (χ1v) is 8.81. The number of hydrogen-bond donors (Lipinski definition) is 4. The van der Waals surface area contributed by atoms with E-state index in [0.717, 1.165) is 31.9 Å². The van der Waals surface area contributed by atoms with E-state index in [4.69, 9.17) is 0 Å². The first-order valence-electron chi connectivity index (χ1n) is 8.81. The van der Waals surface area contributed by atoms with Gasteiger partial charge >= 0.3 is 6.03 Å². The Morgan fingerprint density at radius 3 is 2.69 bits per heavy atom. The summed E-state index contributed by atoms with van der Waals surface area (Å²) in [5.74, 6) is -0.0131. The molecule has 140 valence electrons. The maximum Gasteiger partial charge on any atom is 0.322 e. The van der Waals surface area contributed by atoms with E-state index in [1.54, 1.807) is 19.2 Å². The van der Waals surface area contributed by atoms with Gasteiger partial charge in [0.25, 0.3) is 5.91 Å². The van der Waals surface area contributed by atoms with Crippen LogP contribution in [0.1, 0.15) is 26.2 Å². The fourth-order valence-corrected chi connectivity index (χ4v) is 3.13. The number of anilines is 2. The lowest BCUT2D eigenvalue weighted by atomic mass is 9.95. The van der Waals surface area contributed by atoms with Gasteiger partial charge < -0.3 is 20.9 Å². The van der Waals surface area contributed by atoms with Crippen molar-refractivity contribution in [1.82, 2.24) is 20.9 Å². The first-order chi connectivity index (χ1) is 12.5. The Morgan fingerprint density at radius 2 is 2.08 bits per heavy atom. The van der Waals surface area contributed by atoms with E-state index in [1.165, 1.54) is 0 Å². The second kappa shape index (κ2) is 7.69. The smallest absolute Gasteiger partial charge is 0.322 e. The van der Waals surface area contributed by atoms with E-state index in [1.807, 2.05) is 6.07 Å². The van der Waals surface area contributed by atoms with Gasteiger partial charge in [-0.3, -0.25) is 14.9 Å². The van der Waals surface area contributed by atoms with Crippen LogP contribution < -0.4 is 26.2 Å². The second-order valence-corrected chi connectivity index (χ2v) is 6.78. The predicted octanol–water partition coefficient (Wildman–Crippen LogP) is 0.198. The summed E-state index contributed by atoms with van der Waals surface area (Å²) >= 11 is 0. The minimum absolute atomic E-state index is 0.166. The Bertz CT molecular complexity index is 686. The molecular weight excluding hydrogens is 336 g/mol. The molecule has 2 aliphatic heterocycles. The molecule has 4 N–H and O–H groups in total. The number of pyridine rings is 1. The molecule has 9 heteroatoms. The van der Waals surface area contributed by atoms with Crippen LogP contribution in [0.25, 0.3) is 0 Å². The minimum atomic E-state index is -0.944. The molecule has 1 atom stereocenters. The fourth-order valence-electron chi connectivity index (χ4n) is 3.13. The van der Waals surface area contributed by atoms with E-state index in [9.17, 15) is 14.4 Å². The van der Waals surface area contributed by atoms with Crippen LogP contribution in [-0.4, -0.2) is 54.5 Å². The van der Waals surface area contributed by atoms with Crippen molar-refractivity contribution < 1.29 is 14.4 Å². The topological polar surface area (TPSA) is 115 Å². The number of hydrogen-bond acceptors (Lipinski definition) is 6. The number of aromatic nitrogens is 1. The van der Waals surface area contributed by atoms with Gasteiger partial charge in [0.1, 0.15) is 11.4 Å². The van der Waals surface area contributed by atoms with Crippen molar-refractivity contribution in [2.75, 3.05) is 36.4 Å². The van der Waals surface area contributed by atoms with Crippen molar-refractivity contribution in [3.63, 3.8) is 0 Å². The van der Waals surface area contributed by atoms with Crippen LogP contribution in [0.2, 0.25) is 0 Å². The molecule has 0 saturated carbocycles. The zero-order valence-electron chi connectivity index (χ0n) is 14.8. The highest BCUT2D eigenvalue weighted by atomic mass is 16.2. The average Bonchev–Trinajstić information content (AvgIpc) is 2.88. The number of amides is 4. The molecule has 3 heterocycles. The number of urea groups is 1. The van der Waals surface area contributed by atoms with E-state index in [2.05, 4.69) is 31.2 Å². The third-order valence-corrected chi connectivity index (χ3v) is 4.70. The van der Waals surface area contributed by atoms with Crippen LogP contribution in [0.3, 0.4) is 0 Å². The normalized spacial score (nSPS) is 22.7. The Labute approximate surface area is 151 Å². The molecule has 3 rings (SSSR count). The summed E-state index contributed by atoms with van der Waals surface area (Å²) in [6.07, 6.45) is 2.89. The zero-order valence-corrected chi connectivity index (χ0v) is 14.8. The highest BCUT2D eigenvalue weighted by molar-refractivity contribution is 6.06. The van der Waals surface area contributed by atoms with E-state index < -0.39 is 11.6 Å². The largest absolute Gasteiger partial charge is 0.368 e. The van der Waals surface area contributed by atoms with E-state index in [0.29, 0.717) is 18.7 Å². The number of nitrogens with one attached hydrogen (secondary N) is 4. The summed E-state index contributed by atoms with van der Waals surface area (Å²) in [6.45, 7) is 5.44. The lowest BCUT2D eigenvalue weighted by Crippen LogP contribution is -2.43. The van der Waals surface area contributed by atoms with Gasteiger partial charge in [-0.1, -0.05) is 0 Å². The molecule has 1 aromatic heterocycles. The summed E-state index contributed by atoms with van der Waals surface area (Å²) in [7, 11) is 0. The van der Waals surface area contributed by atoms with Gasteiger partial charge in [0, 0.05) is 32.6 Å². The van der Waals surface area contributed by atoms with Gasteiger partial charge in [-0.05, 0) is 31.9 Å². The molecule has 2 aliphatic rings. The van der Waals surface area contributed by atoms with Crippen LogP contribution in [0.5, 0.6) is 0 Å². The van der Waals surface area contributed by atoms with Gasteiger partial charge in [-0.15, -0.1) is 0 Å². The van der Waals surface area contributed by atoms with Gasteiger partial charge in [-0.2, -0.15) is 0 Å². The molecule has 0 aliphatic carbocycles. The van der Waals surface area contributed by atoms with Crippen molar-refractivity contribution in [2.24, 2.45) is 0 Å². The maximum absolute atomic E-state index is 12.1. The summed E-state index contributed by atoms with van der Waals surface area (Å²) in [5, 5.41) is 10.9. The Morgan fingerprint density at radius 1 is 1.31 bits per heavy atom. The number of piperazine rings is 1. The van der Waals surface area contributed by atoms with E-state index >= 15 is 0 Å². The average molecular weight is 360 g/mol. The van der Waals surface area contributed by atoms with Crippen LogP contribution >= 0.6 is 0 Å². The molecule has 2 saturated heterocycles. The summed E-state index contributed by atoms with van der Waals surface area (Å²) in [4.78, 5) is 41.5. The minimum Gasteiger partial charge on any atom is -0.368 e. The quantitative estimate of drug-likeness (QED) is 0.539. The molecule has 0 aromatic carbocycles. The monoisotopic (exact) mass is 360 g/mol. The van der Waals surface area contributed by atoms with Crippen molar-refractivity contribution in [1.29, 1.82) is 0 Å². The maximum atomic E-state index is 12.1. The van der Waals surface area contributed by atoms with Crippen molar-refractivity contribution in [3.8, 4) is 0 Å². The first kappa shape index (κ1) is 18.1. The van der Waals surface area contributed by atoms with Crippen LogP contribution in [0, 0.1) is 0 Å². The lowest BCUT2D eigenvalue weighted by Gasteiger charge is -2.29. The number of imide groups is 1. The summed E-state index contributed by atoms with van der Waals surface area (Å²) in [6, 6.07) is 3.25.